The lowest BCUT2D eigenvalue weighted by atomic mass is 10.1. The Morgan fingerprint density at radius 2 is 1.88 bits per heavy atom. The predicted molar refractivity (Wildman–Crippen MR) is 95.5 cm³/mol. The zero-order chi connectivity index (χ0) is 18.2. The molecule has 6 nitrogen and oxygen atoms in total. The van der Waals surface area contributed by atoms with Gasteiger partial charge in [-0.05, 0) is 17.7 Å². The van der Waals surface area contributed by atoms with E-state index in [1.165, 1.54) is 19.6 Å². The molecule has 1 heterocycles. The number of ether oxygens (including phenoxy) is 2. The Labute approximate surface area is 147 Å². The van der Waals surface area contributed by atoms with Crippen molar-refractivity contribution in [2.45, 2.75) is 13.0 Å². The fourth-order valence-electron chi connectivity index (χ4n) is 2.31. The molecule has 0 aliphatic heterocycles. The summed E-state index contributed by atoms with van der Waals surface area (Å²) in [5.41, 5.74) is 1.63. The van der Waals surface area contributed by atoms with Gasteiger partial charge >= 0.3 is 0 Å². The van der Waals surface area contributed by atoms with Crippen molar-refractivity contribution in [1.29, 1.82) is 0 Å². The molecule has 0 amide bonds. The number of rotatable bonds is 8. The number of methoxy groups -OCH3 is 2. The van der Waals surface area contributed by atoms with Gasteiger partial charge in [-0.2, -0.15) is 0 Å². The summed E-state index contributed by atoms with van der Waals surface area (Å²) in [6, 6.07) is 7.68. The molecule has 0 spiro atoms. The molecule has 0 saturated heterocycles. The second-order valence-corrected chi connectivity index (χ2v) is 5.63. The van der Waals surface area contributed by atoms with Gasteiger partial charge in [0.15, 0.2) is 0 Å². The average Bonchev–Trinajstić information content (AvgIpc) is 2.60. The summed E-state index contributed by atoms with van der Waals surface area (Å²) in [7, 11) is 6.66. The number of benzene rings is 1. The Hall–Kier alpha value is -2.83. The second kappa shape index (κ2) is 8.86. The molecule has 0 saturated carbocycles. The maximum atomic E-state index is 14.1. The van der Waals surface area contributed by atoms with Crippen LogP contribution in [0.2, 0.25) is 0 Å². The van der Waals surface area contributed by atoms with Crippen molar-refractivity contribution >= 4 is 5.82 Å². The third kappa shape index (κ3) is 5.34. The van der Waals surface area contributed by atoms with Gasteiger partial charge < -0.3 is 19.7 Å². The number of hydrogen-bond donors (Lipinski definition) is 1. The Morgan fingerprint density at radius 1 is 1.16 bits per heavy atom. The molecule has 1 N–H and O–H groups in total. The highest BCUT2D eigenvalue weighted by atomic mass is 19.1. The van der Waals surface area contributed by atoms with Crippen LogP contribution in [0, 0.1) is 0 Å². The number of halogens is 1. The standard InChI is InChI=1S/C18H23FN4O2/c1-23(2)11-14(19)9-16-17(21-12-22-18(16)25-4)20-10-13-5-7-15(24-3)8-6-13/h5-8,11-12H,9-10H2,1-4H3,(H,20,21,22). The van der Waals surface area contributed by atoms with Gasteiger partial charge in [0.1, 0.15) is 23.7 Å². The van der Waals surface area contributed by atoms with Crippen molar-refractivity contribution in [3.8, 4) is 11.6 Å². The minimum atomic E-state index is -0.300. The van der Waals surface area contributed by atoms with Crippen LogP contribution in [0.1, 0.15) is 11.1 Å². The molecule has 7 heteroatoms. The third-order valence-electron chi connectivity index (χ3n) is 3.46. The average molecular weight is 346 g/mol. The van der Waals surface area contributed by atoms with E-state index in [1.54, 1.807) is 26.1 Å². The van der Waals surface area contributed by atoms with Crippen LogP contribution < -0.4 is 14.8 Å². The van der Waals surface area contributed by atoms with E-state index in [1.807, 2.05) is 24.3 Å². The van der Waals surface area contributed by atoms with Crippen molar-refractivity contribution in [2.24, 2.45) is 0 Å². The molecule has 0 atom stereocenters. The molecule has 2 rings (SSSR count). The van der Waals surface area contributed by atoms with Crippen LogP contribution in [0.25, 0.3) is 0 Å². The summed E-state index contributed by atoms with van der Waals surface area (Å²) in [6.07, 6.45) is 2.86. The lowest BCUT2D eigenvalue weighted by Gasteiger charge is -2.14. The lowest BCUT2D eigenvalue weighted by Crippen LogP contribution is -2.09. The molecule has 25 heavy (non-hydrogen) atoms. The van der Waals surface area contributed by atoms with Gasteiger partial charge in [-0.3, -0.25) is 0 Å². The summed E-state index contributed by atoms with van der Waals surface area (Å²) < 4.78 is 24.6. The highest BCUT2D eigenvalue weighted by Gasteiger charge is 2.14. The lowest BCUT2D eigenvalue weighted by molar-refractivity contribution is 0.390. The van der Waals surface area contributed by atoms with Crippen molar-refractivity contribution < 1.29 is 13.9 Å². The van der Waals surface area contributed by atoms with Crippen LogP contribution in [0.3, 0.4) is 0 Å². The smallest absolute Gasteiger partial charge is 0.221 e. The van der Waals surface area contributed by atoms with Gasteiger partial charge in [0.05, 0.1) is 19.8 Å². The van der Waals surface area contributed by atoms with Crippen molar-refractivity contribution in [3.63, 3.8) is 0 Å². The molecule has 0 bridgehead atoms. The quantitative estimate of drug-likeness (QED) is 0.793. The number of anilines is 1. The Morgan fingerprint density at radius 3 is 2.48 bits per heavy atom. The molecule has 0 aliphatic rings. The van der Waals surface area contributed by atoms with Crippen LogP contribution in [0.15, 0.2) is 42.6 Å². The van der Waals surface area contributed by atoms with E-state index in [0.717, 1.165) is 11.3 Å². The van der Waals surface area contributed by atoms with Crippen molar-refractivity contribution in [3.05, 3.63) is 53.7 Å². The normalized spacial score (nSPS) is 11.2. The van der Waals surface area contributed by atoms with E-state index in [0.29, 0.717) is 23.8 Å². The summed E-state index contributed by atoms with van der Waals surface area (Å²) in [5, 5.41) is 3.22. The molecule has 0 radical (unpaired) electrons. The summed E-state index contributed by atoms with van der Waals surface area (Å²) in [4.78, 5) is 9.95. The first-order valence-corrected chi connectivity index (χ1v) is 7.80. The topological polar surface area (TPSA) is 59.5 Å². The number of nitrogens with one attached hydrogen (secondary N) is 1. The number of nitrogens with zero attached hydrogens (tertiary/aromatic N) is 3. The minimum Gasteiger partial charge on any atom is -0.497 e. The van der Waals surface area contributed by atoms with E-state index < -0.39 is 0 Å². The Bertz CT molecular complexity index is 718. The van der Waals surface area contributed by atoms with Crippen LogP contribution in [-0.4, -0.2) is 43.2 Å². The second-order valence-electron chi connectivity index (χ2n) is 5.63. The molecule has 2 aromatic rings. The zero-order valence-electron chi connectivity index (χ0n) is 14.9. The molecule has 0 aliphatic carbocycles. The van der Waals surface area contributed by atoms with Gasteiger partial charge in [-0.1, -0.05) is 12.1 Å². The summed E-state index contributed by atoms with van der Waals surface area (Å²) >= 11 is 0. The first-order chi connectivity index (χ1) is 12.0. The Balaban J connectivity index is 2.18. The van der Waals surface area contributed by atoms with Gasteiger partial charge in [0, 0.05) is 33.3 Å². The van der Waals surface area contributed by atoms with E-state index >= 15 is 0 Å². The highest BCUT2D eigenvalue weighted by molar-refractivity contribution is 5.50. The van der Waals surface area contributed by atoms with E-state index in [-0.39, 0.29) is 12.2 Å². The van der Waals surface area contributed by atoms with Gasteiger partial charge in [-0.25, -0.2) is 14.4 Å². The van der Waals surface area contributed by atoms with Crippen molar-refractivity contribution in [2.75, 3.05) is 33.6 Å². The molecule has 0 fully saturated rings. The fraction of sp³-hybridized carbons (Fsp3) is 0.333. The van der Waals surface area contributed by atoms with E-state index in [9.17, 15) is 4.39 Å². The van der Waals surface area contributed by atoms with Crippen LogP contribution >= 0.6 is 0 Å². The minimum absolute atomic E-state index is 0.0487. The number of hydrogen-bond acceptors (Lipinski definition) is 6. The maximum Gasteiger partial charge on any atom is 0.221 e. The summed E-state index contributed by atoms with van der Waals surface area (Å²) in [6.45, 7) is 0.538. The van der Waals surface area contributed by atoms with E-state index in [4.69, 9.17) is 9.47 Å². The first kappa shape index (κ1) is 18.5. The molecule has 134 valence electrons. The first-order valence-electron chi connectivity index (χ1n) is 7.80. The number of aromatic nitrogens is 2. The number of allylic oxidation sites excluding steroid dienone is 1. The molecular weight excluding hydrogens is 323 g/mol. The highest BCUT2D eigenvalue weighted by Crippen LogP contribution is 2.26. The Kier molecular flexibility index (Phi) is 6.56. The van der Waals surface area contributed by atoms with E-state index in [2.05, 4.69) is 15.3 Å². The fourth-order valence-corrected chi connectivity index (χ4v) is 2.31. The third-order valence-corrected chi connectivity index (χ3v) is 3.46. The molecule has 0 unspecified atom stereocenters. The molecule has 1 aromatic heterocycles. The van der Waals surface area contributed by atoms with Crippen LogP contribution in [0.5, 0.6) is 11.6 Å². The molecule has 1 aromatic carbocycles. The van der Waals surface area contributed by atoms with Crippen LogP contribution in [0.4, 0.5) is 10.2 Å². The van der Waals surface area contributed by atoms with Crippen LogP contribution in [-0.2, 0) is 13.0 Å². The van der Waals surface area contributed by atoms with Gasteiger partial charge in [0.25, 0.3) is 0 Å². The van der Waals surface area contributed by atoms with Gasteiger partial charge in [0.2, 0.25) is 5.88 Å². The van der Waals surface area contributed by atoms with Gasteiger partial charge in [-0.15, -0.1) is 0 Å². The zero-order valence-corrected chi connectivity index (χ0v) is 14.9. The molecular formula is C18H23FN4O2. The predicted octanol–water partition coefficient (Wildman–Crippen LogP) is 3.02. The maximum absolute atomic E-state index is 14.1. The SMILES string of the molecule is COc1ccc(CNc2ncnc(OC)c2CC(F)=CN(C)C)cc1. The van der Waals surface area contributed by atoms with Crippen molar-refractivity contribution in [1.82, 2.24) is 14.9 Å². The largest absolute Gasteiger partial charge is 0.497 e. The monoisotopic (exact) mass is 346 g/mol. The summed E-state index contributed by atoms with van der Waals surface area (Å²) in [5.74, 6) is 1.40.